The van der Waals surface area contributed by atoms with Gasteiger partial charge < -0.3 is 5.32 Å². The Morgan fingerprint density at radius 3 is 3.04 bits per heavy atom. The zero-order chi connectivity index (χ0) is 16.5. The minimum Gasteiger partial charge on any atom is -0.348 e. The molecule has 1 saturated heterocycles. The van der Waals surface area contributed by atoms with Gasteiger partial charge in [0.25, 0.3) is 5.91 Å². The molecule has 1 unspecified atom stereocenters. The molecule has 128 valence electrons. The summed E-state index contributed by atoms with van der Waals surface area (Å²) in [6.45, 7) is 2.86. The minimum absolute atomic E-state index is 0.0281. The fraction of sp³-hybridized carbons (Fsp3) is 0.588. The first-order valence-corrected chi connectivity index (χ1v) is 9.51. The van der Waals surface area contributed by atoms with Gasteiger partial charge in [0.05, 0.1) is 22.5 Å². The SMILES string of the molecule is Cn1cc(C(=O)NC2CCCN(Cc3csc(C4CC4)n3)C2)cn1. The first-order chi connectivity index (χ1) is 11.7. The van der Waals surface area contributed by atoms with Crippen LogP contribution in [0.1, 0.15) is 52.7 Å². The van der Waals surface area contributed by atoms with E-state index in [1.807, 2.05) is 7.05 Å². The lowest BCUT2D eigenvalue weighted by molar-refractivity contribution is 0.0900. The monoisotopic (exact) mass is 345 g/mol. The average Bonchev–Trinajstić information content (AvgIpc) is 3.16. The molecule has 24 heavy (non-hydrogen) atoms. The van der Waals surface area contributed by atoms with Crippen LogP contribution in [0.2, 0.25) is 0 Å². The second-order valence-corrected chi connectivity index (χ2v) is 7.79. The fourth-order valence-electron chi connectivity index (χ4n) is 3.27. The third kappa shape index (κ3) is 3.67. The summed E-state index contributed by atoms with van der Waals surface area (Å²) in [4.78, 5) is 19.5. The van der Waals surface area contributed by atoms with E-state index in [2.05, 4.69) is 20.7 Å². The molecule has 0 spiro atoms. The Morgan fingerprint density at radius 1 is 1.42 bits per heavy atom. The molecular weight excluding hydrogens is 322 g/mol. The van der Waals surface area contributed by atoms with Gasteiger partial charge in [0.1, 0.15) is 0 Å². The maximum atomic E-state index is 12.3. The molecule has 1 N–H and O–H groups in total. The Kier molecular flexibility index (Phi) is 4.37. The van der Waals surface area contributed by atoms with E-state index in [1.165, 1.54) is 23.5 Å². The third-order valence-corrected chi connectivity index (χ3v) is 5.75. The lowest BCUT2D eigenvalue weighted by Gasteiger charge is -2.32. The van der Waals surface area contributed by atoms with Gasteiger partial charge in [0.15, 0.2) is 0 Å². The predicted octanol–water partition coefficient (Wildman–Crippen LogP) is 2.15. The molecule has 0 aromatic carbocycles. The number of nitrogens with zero attached hydrogens (tertiary/aromatic N) is 4. The summed E-state index contributed by atoms with van der Waals surface area (Å²) >= 11 is 1.80. The molecule has 1 aliphatic heterocycles. The molecule has 1 atom stereocenters. The maximum absolute atomic E-state index is 12.3. The fourth-order valence-corrected chi connectivity index (χ4v) is 4.25. The normalized spacial score (nSPS) is 21.8. The Labute approximate surface area is 145 Å². The smallest absolute Gasteiger partial charge is 0.254 e. The highest BCUT2D eigenvalue weighted by molar-refractivity contribution is 7.09. The van der Waals surface area contributed by atoms with Crippen molar-refractivity contribution in [2.24, 2.45) is 7.05 Å². The summed E-state index contributed by atoms with van der Waals surface area (Å²) in [5, 5.41) is 10.7. The van der Waals surface area contributed by atoms with Crippen molar-refractivity contribution in [2.45, 2.75) is 44.2 Å². The topological polar surface area (TPSA) is 63.1 Å². The predicted molar refractivity (Wildman–Crippen MR) is 93.1 cm³/mol. The number of aromatic nitrogens is 3. The van der Waals surface area contributed by atoms with Gasteiger partial charge >= 0.3 is 0 Å². The number of amides is 1. The van der Waals surface area contributed by atoms with E-state index in [1.54, 1.807) is 28.4 Å². The van der Waals surface area contributed by atoms with Crippen molar-refractivity contribution in [2.75, 3.05) is 13.1 Å². The largest absolute Gasteiger partial charge is 0.348 e. The highest BCUT2D eigenvalue weighted by Gasteiger charge is 2.27. The molecule has 2 aromatic rings. The number of carbonyl (C=O) groups is 1. The Balaban J connectivity index is 1.32. The van der Waals surface area contributed by atoms with Crippen LogP contribution in [0.5, 0.6) is 0 Å². The third-order valence-electron chi connectivity index (χ3n) is 4.69. The summed E-state index contributed by atoms with van der Waals surface area (Å²) in [5.41, 5.74) is 1.81. The van der Waals surface area contributed by atoms with Crippen molar-refractivity contribution in [3.05, 3.63) is 34.0 Å². The summed E-state index contributed by atoms with van der Waals surface area (Å²) in [7, 11) is 1.82. The lowest BCUT2D eigenvalue weighted by Crippen LogP contribution is -2.47. The van der Waals surface area contributed by atoms with Crippen LogP contribution in [-0.4, -0.2) is 44.7 Å². The van der Waals surface area contributed by atoms with Gasteiger partial charge in [0.2, 0.25) is 0 Å². The molecule has 7 heteroatoms. The van der Waals surface area contributed by atoms with Crippen molar-refractivity contribution in [3.8, 4) is 0 Å². The zero-order valence-electron chi connectivity index (χ0n) is 13.9. The number of hydrogen-bond acceptors (Lipinski definition) is 5. The minimum atomic E-state index is -0.0281. The van der Waals surface area contributed by atoms with Crippen molar-refractivity contribution >= 4 is 17.2 Å². The molecule has 2 aliphatic rings. The molecule has 2 aromatic heterocycles. The summed E-state index contributed by atoms with van der Waals surface area (Å²) in [5.74, 6) is 0.705. The van der Waals surface area contributed by atoms with Crippen LogP contribution in [0.3, 0.4) is 0 Å². The van der Waals surface area contributed by atoms with Gasteiger partial charge in [-0.1, -0.05) is 0 Å². The van der Waals surface area contributed by atoms with Gasteiger partial charge in [-0.2, -0.15) is 5.10 Å². The number of rotatable bonds is 5. The van der Waals surface area contributed by atoms with Crippen LogP contribution < -0.4 is 5.32 Å². The molecule has 0 radical (unpaired) electrons. The van der Waals surface area contributed by atoms with Crippen molar-refractivity contribution in [1.82, 2.24) is 25.0 Å². The first-order valence-electron chi connectivity index (χ1n) is 8.63. The molecular formula is C17H23N5OS. The maximum Gasteiger partial charge on any atom is 0.254 e. The molecule has 1 amide bonds. The van der Waals surface area contributed by atoms with Crippen LogP contribution in [-0.2, 0) is 13.6 Å². The second kappa shape index (κ2) is 6.64. The number of carbonyl (C=O) groups excluding carboxylic acids is 1. The number of thiazole rings is 1. The van der Waals surface area contributed by atoms with Crippen molar-refractivity contribution in [1.29, 1.82) is 0 Å². The second-order valence-electron chi connectivity index (χ2n) is 6.90. The highest BCUT2D eigenvalue weighted by atomic mass is 32.1. The molecule has 0 bridgehead atoms. The van der Waals surface area contributed by atoms with Crippen LogP contribution in [0.15, 0.2) is 17.8 Å². The van der Waals surface area contributed by atoms with E-state index in [-0.39, 0.29) is 11.9 Å². The van der Waals surface area contributed by atoms with E-state index < -0.39 is 0 Å². The number of aryl methyl sites for hydroxylation is 1. The van der Waals surface area contributed by atoms with Gasteiger partial charge in [0, 0.05) is 43.7 Å². The quantitative estimate of drug-likeness (QED) is 0.902. The average molecular weight is 345 g/mol. The van der Waals surface area contributed by atoms with Crippen molar-refractivity contribution < 1.29 is 4.79 Å². The van der Waals surface area contributed by atoms with E-state index in [9.17, 15) is 4.79 Å². The Hall–Kier alpha value is -1.73. The summed E-state index contributed by atoms with van der Waals surface area (Å²) in [6, 6.07) is 0.202. The first kappa shape index (κ1) is 15.8. The van der Waals surface area contributed by atoms with Gasteiger partial charge in [-0.3, -0.25) is 14.4 Å². The van der Waals surface area contributed by atoms with Gasteiger partial charge in [-0.25, -0.2) is 4.98 Å². The van der Waals surface area contributed by atoms with E-state index >= 15 is 0 Å². The zero-order valence-corrected chi connectivity index (χ0v) is 14.8. The summed E-state index contributed by atoms with van der Waals surface area (Å²) in [6.07, 6.45) is 8.12. The van der Waals surface area contributed by atoms with Crippen LogP contribution in [0.4, 0.5) is 0 Å². The molecule has 4 rings (SSSR count). The number of piperidine rings is 1. The lowest BCUT2D eigenvalue weighted by atomic mass is 10.1. The van der Waals surface area contributed by atoms with E-state index in [0.717, 1.165) is 38.4 Å². The number of likely N-dealkylation sites (tertiary alicyclic amines) is 1. The molecule has 1 saturated carbocycles. The molecule has 3 heterocycles. The Morgan fingerprint density at radius 2 is 2.29 bits per heavy atom. The molecule has 2 fully saturated rings. The standard InChI is InChI=1S/C17H23N5OS/c1-21-8-13(7-18-21)16(23)19-14-3-2-6-22(9-14)10-15-11-24-17(20-15)12-4-5-12/h7-8,11-12,14H,2-6,9-10H2,1H3,(H,19,23). The number of nitrogens with one attached hydrogen (secondary N) is 1. The highest BCUT2D eigenvalue weighted by Crippen LogP contribution is 2.41. The van der Waals surface area contributed by atoms with Crippen molar-refractivity contribution in [3.63, 3.8) is 0 Å². The van der Waals surface area contributed by atoms with Crippen LogP contribution >= 0.6 is 11.3 Å². The van der Waals surface area contributed by atoms with Crippen LogP contribution in [0.25, 0.3) is 0 Å². The van der Waals surface area contributed by atoms with Gasteiger partial charge in [-0.15, -0.1) is 11.3 Å². The number of hydrogen-bond donors (Lipinski definition) is 1. The summed E-state index contributed by atoms with van der Waals surface area (Å²) < 4.78 is 1.65. The Bertz CT molecular complexity index is 720. The van der Waals surface area contributed by atoms with E-state index in [4.69, 9.17) is 4.98 Å². The van der Waals surface area contributed by atoms with Crippen LogP contribution in [0, 0.1) is 0 Å². The molecule has 6 nitrogen and oxygen atoms in total. The van der Waals surface area contributed by atoms with E-state index in [0.29, 0.717) is 5.56 Å². The van der Waals surface area contributed by atoms with Gasteiger partial charge in [-0.05, 0) is 32.2 Å². The molecule has 1 aliphatic carbocycles.